The summed E-state index contributed by atoms with van der Waals surface area (Å²) < 4.78 is 26.6. The first-order valence-corrected chi connectivity index (χ1v) is 8.18. The van der Waals surface area contributed by atoms with Crippen LogP contribution in [0.1, 0.15) is 25.1 Å². The van der Waals surface area contributed by atoms with E-state index < -0.39 is 17.7 Å². The van der Waals surface area contributed by atoms with Crippen LogP contribution in [0.4, 0.5) is 25.1 Å². The van der Waals surface area contributed by atoms with E-state index >= 15 is 0 Å². The zero-order valence-corrected chi connectivity index (χ0v) is 13.6. The summed E-state index contributed by atoms with van der Waals surface area (Å²) in [5.41, 5.74) is -0.222. The highest BCUT2D eigenvalue weighted by molar-refractivity contribution is 5.89. The zero-order valence-electron chi connectivity index (χ0n) is 13.6. The molecule has 0 unspecified atom stereocenters. The number of halogens is 2. The number of hydrogen-bond acceptors (Lipinski definition) is 4. The first kappa shape index (κ1) is 17.1. The third-order valence-electron chi connectivity index (χ3n) is 3.95. The molecule has 132 valence electrons. The molecule has 3 rings (SSSR count). The first-order chi connectivity index (χ1) is 12.1. The van der Waals surface area contributed by atoms with Gasteiger partial charge in [-0.1, -0.05) is 0 Å². The number of carbonyl (C=O) groups is 1. The smallest absolute Gasteiger partial charge is 0.319 e. The van der Waals surface area contributed by atoms with Gasteiger partial charge in [-0.05, 0) is 37.5 Å². The lowest BCUT2D eigenvalue weighted by molar-refractivity contribution is 0.251. The molecule has 1 aliphatic heterocycles. The fraction of sp³-hybridized carbons (Fsp3) is 0.353. The average Bonchev–Trinajstić information content (AvgIpc) is 2.64. The summed E-state index contributed by atoms with van der Waals surface area (Å²) in [5.74, 6) is -0.0461. The van der Waals surface area contributed by atoms with Gasteiger partial charge < -0.3 is 15.5 Å². The van der Waals surface area contributed by atoms with Crippen LogP contribution in [0.3, 0.4) is 0 Å². The first-order valence-electron chi connectivity index (χ1n) is 8.18. The maximum Gasteiger partial charge on any atom is 0.319 e. The molecule has 1 aromatic heterocycles. The van der Waals surface area contributed by atoms with Gasteiger partial charge >= 0.3 is 6.03 Å². The largest absolute Gasteiger partial charge is 0.357 e. The lowest BCUT2D eigenvalue weighted by Crippen LogP contribution is -2.32. The summed E-state index contributed by atoms with van der Waals surface area (Å²) in [6.45, 7) is 2.01. The van der Waals surface area contributed by atoms with Crippen LogP contribution in [0.25, 0.3) is 0 Å². The fourth-order valence-corrected chi connectivity index (χ4v) is 2.69. The minimum absolute atomic E-state index is 0.0877. The minimum Gasteiger partial charge on any atom is -0.357 e. The molecule has 1 fully saturated rings. The number of anilines is 2. The van der Waals surface area contributed by atoms with Crippen LogP contribution in [-0.4, -0.2) is 29.1 Å². The Bertz CT molecular complexity index is 750. The van der Waals surface area contributed by atoms with Crippen molar-refractivity contribution in [1.82, 2.24) is 15.3 Å². The van der Waals surface area contributed by atoms with Crippen molar-refractivity contribution in [1.29, 1.82) is 0 Å². The molecule has 1 aliphatic rings. The monoisotopic (exact) mass is 347 g/mol. The molecule has 2 N–H and O–H groups in total. The highest BCUT2D eigenvalue weighted by Gasteiger charge is 2.13. The second-order valence-electron chi connectivity index (χ2n) is 5.81. The SMILES string of the molecule is O=C(NCc1nccc(N2CCCCC2)n1)Nc1cc(F)ccc1F. The van der Waals surface area contributed by atoms with E-state index in [-0.39, 0.29) is 12.2 Å². The molecular formula is C17H19F2N5O. The van der Waals surface area contributed by atoms with Crippen molar-refractivity contribution in [3.63, 3.8) is 0 Å². The van der Waals surface area contributed by atoms with Crippen molar-refractivity contribution in [2.45, 2.75) is 25.8 Å². The van der Waals surface area contributed by atoms with Crippen LogP contribution in [0.2, 0.25) is 0 Å². The van der Waals surface area contributed by atoms with Gasteiger partial charge in [0.15, 0.2) is 0 Å². The Morgan fingerprint density at radius 3 is 2.76 bits per heavy atom. The molecule has 2 aromatic rings. The van der Waals surface area contributed by atoms with Crippen molar-refractivity contribution in [3.8, 4) is 0 Å². The predicted octanol–water partition coefficient (Wildman–Crippen LogP) is 3.07. The number of carbonyl (C=O) groups excluding carboxylic acids is 1. The Morgan fingerprint density at radius 2 is 1.96 bits per heavy atom. The summed E-state index contributed by atoms with van der Waals surface area (Å²) in [5, 5.41) is 4.81. The summed E-state index contributed by atoms with van der Waals surface area (Å²) in [6, 6.07) is 4.05. The molecule has 1 aromatic carbocycles. The standard InChI is InChI=1S/C17H19F2N5O/c18-12-4-5-13(19)14(10-12)22-17(25)21-11-15-20-7-6-16(23-15)24-8-2-1-3-9-24/h4-7,10H,1-3,8-9,11H2,(H2,21,22,25). The Kier molecular flexibility index (Phi) is 5.37. The molecule has 6 nitrogen and oxygen atoms in total. The van der Waals surface area contributed by atoms with Crippen molar-refractivity contribution in [3.05, 3.63) is 47.9 Å². The van der Waals surface area contributed by atoms with Gasteiger partial charge in [-0.15, -0.1) is 0 Å². The van der Waals surface area contributed by atoms with E-state index in [0.717, 1.165) is 49.9 Å². The van der Waals surface area contributed by atoms with Gasteiger partial charge in [-0.3, -0.25) is 0 Å². The number of benzene rings is 1. The van der Waals surface area contributed by atoms with Gasteiger partial charge in [0, 0.05) is 25.4 Å². The normalized spacial score (nSPS) is 14.2. The highest BCUT2D eigenvalue weighted by Crippen LogP contribution is 2.17. The number of amides is 2. The number of piperidine rings is 1. The van der Waals surface area contributed by atoms with Crippen molar-refractivity contribution < 1.29 is 13.6 Å². The van der Waals surface area contributed by atoms with Crippen LogP contribution in [-0.2, 0) is 6.54 Å². The minimum atomic E-state index is -0.708. The highest BCUT2D eigenvalue weighted by atomic mass is 19.1. The summed E-state index contributed by atoms with van der Waals surface area (Å²) in [4.78, 5) is 22.6. The number of nitrogens with zero attached hydrogens (tertiary/aromatic N) is 3. The molecule has 2 amide bonds. The van der Waals surface area contributed by atoms with E-state index in [1.165, 1.54) is 6.42 Å². The van der Waals surface area contributed by atoms with Crippen LogP contribution >= 0.6 is 0 Å². The van der Waals surface area contributed by atoms with E-state index in [2.05, 4.69) is 25.5 Å². The molecule has 25 heavy (non-hydrogen) atoms. The number of nitrogens with one attached hydrogen (secondary N) is 2. The molecule has 0 saturated carbocycles. The lowest BCUT2D eigenvalue weighted by atomic mass is 10.1. The zero-order chi connectivity index (χ0) is 17.6. The Labute approximate surface area is 144 Å². The summed E-state index contributed by atoms with van der Waals surface area (Å²) in [7, 11) is 0. The number of aromatic nitrogens is 2. The van der Waals surface area contributed by atoms with Crippen LogP contribution < -0.4 is 15.5 Å². The van der Waals surface area contributed by atoms with E-state index in [1.807, 2.05) is 6.07 Å². The van der Waals surface area contributed by atoms with Gasteiger partial charge in [0.1, 0.15) is 23.3 Å². The van der Waals surface area contributed by atoms with Gasteiger partial charge in [0.2, 0.25) is 0 Å². The van der Waals surface area contributed by atoms with Crippen molar-refractivity contribution in [2.24, 2.45) is 0 Å². The Morgan fingerprint density at radius 1 is 1.16 bits per heavy atom. The van der Waals surface area contributed by atoms with Crippen LogP contribution in [0.5, 0.6) is 0 Å². The topological polar surface area (TPSA) is 70.2 Å². The van der Waals surface area contributed by atoms with Crippen LogP contribution in [0.15, 0.2) is 30.5 Å². The summed E-state index contributed by atoms with van der Waals surface area (Å²) in [6.07, 6.45) is 5.16. The van der Waals surface area contributed by atoms with Gasteiger partial charge in [0.25, 0.3) is 0 Å². The molecule has 1 saturated heterocycles. The van der Waals surface area contributed by atoms with E-state index in [4.69, 9.17) is 0 Å². The van der Waals surface area contributed by atoms with E-state index in [1.54, 1.807) is 6.20 Å². The lowest BCUT2D eigenvalue weighted by Gasteiger charge is -2.27. The molecule has 0 aliphatic carbocycles. The molecular weight excluding hydrogens is 328 g/mol. The predicted molar refractivity (Wildman–Crippen MR) is 90.3 cm³/mol. The quantitative estimate of drug-likeness (QED) is 0.892. The molecule has 2 heterocycles. The maximum absolute atomic E-state index is 13.5. The van der Waals surface area contributed by atoms with Gasteiger partial charge in [-0.2, -0.15) is 0 Å². The second-order valence-corrected chi connectivity index (χ2v) is 5.81. The molecule has 0 spiro atoms. The third kappa shape index (κ3) is 4.62. The number of urea groups is 1. The Hall–Kier alpha value is -2.77. The van der Waals surface area contributed by atoms with E-state index in [0.29, 0.717) is 5.82 Å². The number of rotatable bonds is 4. The average molecular weight is 347 g/mol. The van der Waals surface area contributed by atoms with Gasteiger partial charge in [-0.25, -0.2) is 23.5 Å². The van der Waals surface area contributed by atoms with Crippen molar-refractivity contribution in [2.75, 3.05) is 23.3 Å². The third-order valence-corrected chi connectivity index (χ3v) is 3.95. The number of hydrogen-bond donors (Lipinski definition) is 2. The summed E-state index contributed by atoms with van der Waals surface area (Å²) >= 11 is 0. The molecule has 0 atom stereocenters. The maximum atomic E-state index is 13.5. The molecule has 8 heteroatoms. The fourth-order valence-electron chi connectivity index (χ4n) is 2.69. The van der Waals surface area contributed by atoms with Crippen molar-refractivity contribution >= 4 is 17.5 Å². The van der Waals surface area contributed by atoms with Gasteiger partial charge in [0.05, 0.1) is 12.2 Å². The Balaban J connectivity index is 1.57. The second kappa shape index (κ2) is 7.87. The van der Waals surface area contributed by atoms with Crippen LogP contribution in [0, 0.1) is 11.6 Å². The molecule has 0 bridgehead atoms. The molecule has 0 radical (unpaired) electrons. The van der Waals surface area contributed by atoms with E-state index in [9.17, 15) is 13.6 Å².